The molecule has 0 saturated carbocycles. The number of hydrogen-bond donors (Lipinski definition) is 4. The van der Waals surface area contributed by atoms with Crippen LogP contribution in [0.15, 0.2) is 60.7 Å². The SMILES string of the molecule is CC(C)[C@H](NC(=O)CCCCCN1C(=O)C=CC1=O)C(=O)N(c1ccc(COC(=O)OCc2ccc([N+](=O)[O-])cc2)cc1)[C@@H](CCCNC(N)=O)C(N)=O. The number of nitro groups is 1. The highest BCUT2D eigenvalue weighted by Gasteiger charge is 2.36. The minimum atomic E-state index is -1.19. The zero-order chi connectivity index (χ0) is 39.8. The largest absolute Gasteiger partial charge is 0.508 e. The molecule has 290 valence electrons. The average Bonchev–Trinajstić information content (AvgIpc) is 3.45. The van der Waals surface area contributed by atoms with Crippen molar-refractivity contribution in [1.29, 1.82) is 0 Å². The Bertz CT molecular complexity index is 1690. The Kier molecular flexibility index (Phi) is 16.1. The third-order valence-electron chi connectivity index (χ3n) is 8.34. The van der Waals surface area contributed by atoms with Crippen molar-refractivity contribution in [2.24, 2.45) is 17.4 Å². The number of nitrogens with one attached hydrogen (secondary N) is 2. The van der Waals surface area contributed by atoms with Crippen LogP contribution in [-0.4, -0.2) is 76.7 Å². The third-order valence-corrected chi connectivity index (χ3v) is 8.34. The number of benzene rings is 2. The van der Waals surface area contributed by atoms with Crippen LogP contribution in [-0.2, 0) is 46.7 Å². The van der Waals surface area contributed by atoms with E-state index in [4.69, 9.17) is 20.9 Å². The first-order chi connectivity index (χ1) is 25.7. The molecule has 0 unspecified atom stereocenters. The molecule has 18 nitrogen and oxygen atoms in total. The van der Waals surface area contributed by atoms with E-state index < -0.39 is 52.8 Å². The molecule has 0 bridgehead atoms. The summed E-state index contributed by atoms with van der Waals surface area (Å²) in [4.78, 5) is 99.6. The lowest BCUT2D eigenvalue weighted by Gasteiger charge is -2.34. The fraction of sp³-hybridized carbons (Fsp3) is 0.417. The minimum absolute atomic E-state index is 0.0448. The van der Waals surface area contributed by atoms with E-state index in [9.17, 15) is 43.7 Å². The van der Waals surface area contributed by atoms with E-state index in [1.54, 1.807) is 26.0 Å². The Morgan fingerprint density at radius 1 is 0.852 bits per heavy atom. The Morgan fingerprint density at radius 3 is 1.94 bits per heavy atom. The molecule has 0 spiro atoms. The van der Waals surface area contributed by atoms with E-state index in [0.29, 0.717) is 30.4 Å². The molecule has 0 radical (unpaired) electrons. The van der Waals surface area contributed by atoms with Crippen LogP contribution in [0, 0.1) is 16.0 Å². The van der Waals surface area contributed by atoms with Crippen molar-refractivity contribution >= 4 is 53.1 Å². The molecule has 1 heterocycles. The molecule has 2 atom stereocenters. The van der Waals surface area contributed by atoms with Gasteiger partial charge in [0.25, 0.3) is 23.4 Å². The van der Waals surface area contributed by atoms with E-state index in [1.165, 1.54) is 53.5 Å². The van der Waals surface area contributed by atoms with Gasteiger partial charge in [-0.15, -0.1) is 0 Å². The number of primary amides is 2. The molecular weight excluding hydrogens is 706 g/mol. The summed E-state index contributed by atoms with van der Waals surface area (Å²) in [7, 11) is 0. The van der Waals surface area contributed by atoms with Gasteiger partial charge in [-0.1, -0.05) is 32.4 Å². The second kappa shape index (κ2) is 20.6. The number of imide groups is 1. The quantitative estimate of drug-likeness (QED) is 0.0474. The summed E-state index contributed by atoms with van der Waals surface area (Å²) >= 11 is 0. The third kappa shape index (κ3) is 13.0. The van der Waals surface area contributed by atoms with Gasteiger partial charge in [-0.05, 0) is 67.0 Å². The molecule has 1 aliphatic heterocycles. The summed E-state index contributed by atoms with van der Waals surface area (Å²) in [6.07, 6.45) is 3.26. The summed E-state index contributed by atoms with van der Waals surface area (Å²) in [5.41, 5.74) is 12.1. The lowest BCUT2D eigenvalue weighted by Crippen LogP contribution is -2.57. The Hall–Kier alpha value is -6.33. The fourth-order valence-corrected chi connectivity index (χ4v) is 5.45. The molecule has 0 saturated heterocycles. The molecule has 2 aromatic carbocycles. The molecule has 2 aromatic rings. The smallest absolute Gasteiger partial charge is 0.429 e. The molecule has 0 aromatic heterocycles. The van der Waals surface area contributed by atoms with Gasteiger partial charge in [-0.25, -0.2) is 9.59 Å². The van der Waals surface area contributed by atoms with Gasteiger partial charge < -0.3 is 31.6 Å². The maximum atomic E-state index is 14.3. The first kappa shape index (κ1) is 42.1. The molecular formula is C36H45N7O11. The first-order valence-corrected chi connectivity index (χ1v) is 17.3. The van der Waals surface area contributed by atoms with Gasteiger partial charge in [0.05, 0.1) is 4.92 Å². The van der Waals surface area contributed by atoms with Crippen molar-refractivity contribution in [3.63, 3.8) is 0 Å². The van der Waals surface area contributed by atoms with Gasteiger partial charge in [0.2, 0.25) is 11.8 Å². The molecule has 18 heteroatoms. The van der Waals surface area contributed by atoms with Crippen LogP contribution < -0.4 is 27.0 Å². The standard InChI is InChI=1S/C36H45N7O11/c1-23(2)32(40-29(44)8-4-3-5-20-41-30(45)17-18-31(41)46)34(48)42(28(33(37)47)7-6-19-39-35(38)49)26-13-9-24(10-14-26)21-53-36(50)54-22-25-11-15-27(16-12-25)43(51)52/h9-18,23,28,32H,3-8,19-22H2,1-2H3,(H2,37,47)(H,40,44)(H3,38,39,49)/t28-,32-/m0/s1. The summed E-state index contributed by atoms with van der Waals surface area (Å²) in [5.74, 6) is -3.02. The molecule has 3 rings (SSSR count). The molecule has 6 N–H and O–H groups in total. The van der Waals surface area contributed by atoms with Crippen LogP contribution in [0.4, 0.5) is 21.0 Å². The Labute approximate surface area is 311 Å². The Balaban J connectivity index is 1.68. The molecule has 0 aliphatic carbocycles. The van der Waals surface area contributed by atoms with Crippen molar-refractivity contribution < 1.29 is 48.0 Å². The summed E-state index contributed by atoms with van der Waals surface area (Å²) < 4.78 is 10.3. The van der Waals surface area contributed by atoms with Gasteiger partial charge in [0.15, 0.2) is 0 Å². The van der Waals surface area contributed by atoms with Gasteiger partial charge in [0.1, 0.15) is 25.3 Å². The molecule has 0 fully saturated rings. The van der Waals surface area contributed by atoms with E-state index in [2.05, 4.69) is 10.6 Å². The van der Waals surface area contributed by atoms with Gasteiger partial charge in [-0.2, -0.15) is 0 Å². The summed E-state index contributed by atoms with van der Waals surface area (Å²) in [6, 6.07) is 8.64. The monoisotopic (exact) mass is 751 g/mol. The highest BCUT2D eigenvalue weighted by Crippen LogP contribution is 2.24. The van der Waals surface area contributed by atoms with Gasteiger partial charge in [-0.3, -0.25) is 43.9 Å². The van der Waals surface area contributed by atoms with Crippen LogP contribution in [0.25, 0.3) is 0 Å². The van der Waals surface area contributed by atoms with Crippen molar-refractivity contribution in [2.45, 2.75) is 77.7 Å². The number of urea groups is 1. The number of non-ortho nitro benzene ring substituents is 1. The first-order valence-electron chi connectivity index (χ1n) is 17.3. The number of carbonyl (C=O) groups excluding carboxylic acids is 7. The predicted octanol–water partition coefficient (Wildman–Crippen LogP) is 2.71. The van der Waals surface area contributed by atoms with Crippen LogP contribution in [0.5, 0.6) is 0 Å². The van der Waals surface area contributed by atoms with E-state index in [1.807, 2.05) is 0 Å². The van der Waals surface area contributed by atoms with E-state index in [-0.39, 0.29) is 68.8 Å². The summed E-state index contributed by atoms with van der Waals surface area (Å²) in [5, 5.41) is 16.0. The zero-order valence-electron chi connectivity index (χ0n) is 30.1. The van der Waals surface area contributed by atoms with Crippen molar-refractivity contribution in [3.05, 3.63) is 81.9 Å². The molecule has 1 aliphatic rings. The fourth-order valence-electron chi connectivity index (χ4n) is 5.45. The number of nitrogens with zero attached hydrogens (tertiary/aromatic N) is 3. The minimum Gasteiger partial charge on any atom is -0.429 e. The van der Waals surface area contributed by atoms with Crippen molar-refractivity contribution in [3.8, 4) is 0 Å². The number of carbonyl (C=O) groups is 7. The zero-order valence-corrected chi connectivity index (χ0v) is 30.1. The number of rotatable bonds is 21. The van der Waals surface area contributed by atoms with Gasteiger partial charge >= 0.3 is 12.2 Å². The predicted molar refractivity (Wildman–Crippen MR) is 193 cm³/mol. The second-order valence-corrected chi connectivity index (χ2v) is 12.7. The van der Waals surface area contributed by atoms with Crippen LogP contribution in [0.2, 0.25) is 0 Å². The number of anilines is 1. The van der Waals surface area contributed by atoms with Crippen LogP contribution in [0.3, 0.4) is 0 Å². The Morgan fingerprint density at radius 2 is 1.43 bits per heavy atom. The maximum Gasteiger partial charge on any atom is 0.508 e. The number of amides is 7. The molecule has 7 amide bonds. The number of nitrogens with two attached hydrogens (primary N) is 2. The van der Waals surface area contributed by atoms with Crippen molar-refractivity contribution in [1.82, 2.24) is 15.5 Å². The average molecular weight is 752 g/mol. The highest BCUT2D eigenvalue weighted by molar-refractivity contribution is 6.12. The van der Waals surface area contributed by atoms with E-state index in [0.717, 1.165) is 4.90 Å². The maximum absolute atomic E-state index is 14.3. The summed E-state index contributed by atoms with van der Waals surface area (Å²) in [6.45, 7) is 3.42. The van der Waals surface area contributed by atoms with Gasteiger partial charge in [0, 0.05) is 49.5 Å². The topological polar surface area (TPSA) is 264 Å². The lowest BCUT2D eigenvalue weighted by atomic mass is 9.99. The second-order valence-electron chi connectivity index (χ2n) is 12.7. The van der Waals surface area contributed by atoms with Crippen LogP contribution in [0.1, 0.15) is 63.5 Å². The number of ether oxygens (including phenoxy) is 2. The highest BCUT2D eigenvalue weighted by atomic mass is 16.7. The molecule has 54 heavy (non-hydrogen) atoms. The number of nitro benzene ring substituents is 1. The van der Waals surface area contributed by atoms with Crippen molar-refractivity contribution in [2.75, 3.05) is 18.0 Å². The lowest BCUT2D eigenvalue weighted by molar-refractivity contribution is -0.384. The number of hydrogen-bond acceptors (Lipinski definition) is 11. The van der Waals surface area contributed by atoms with Crippen LogP contribution >= 0.6 is 0 Å². The number of unbranched alkanes of at least 4 members (excludes halogenated alkanes) is 2. The normalized spacial score (nSPS) is 13.3. The van der Waals surface area contributed by atoms with E-state index >= 15 is 0 Å².